The molecule has 1 atom stereocenters. The molecule has 2 amide bonds. The van der Waals surface area contributed by atoms with Gasteiger partial charge in [-0.3, -0.25) is 9.59 Å². The zero-order chi connectivity index (χ0) is 14.1. The molecule has 3 rings (SSSR count). The van der Waals surface area contributed by atoms with Crippen LogP contribution in [0.2, 0.25) is 0 Å². The van der Waals surface area contributed by atoms with E-state index in [1.54, 1.807) is 0 Å². The number of carbonyl (C=O) groups is 2. The van der Waals surface area contributed by atoms with E-state index in [1.807, 2.05) is 21.6 Å². The van der Waals surface area contributed by atoms with Gasteiger partial charge in [0.25, 0.3) is 0 Å². The summed E-state index contributed by atoms with van der Waals surface area (Å²) in [5, 5.41) is 0.762. The summed E-state index contributed by atoms with van der Waals surface area (Å²) in [6.07, 6.45) is 9.17. The standard InChI is InChI=1S/C15H24N2O2S/c1-20-12-6-4-11(5-7-12)16-10-8-14(18)17-9-2-3-13(17)15(16)19/h11-13H,2-10H2,1H3. The molecule has 1 unspecified atom stereocenters. The lowest BCUT2D eigenvalue weighted by Gasteiger charge is -2.37. The number of nitrogens with zero attached hydrogens (tertiary/aromatic N) is 2. The van der Waals surface area contributed by atoms with Crippen LogP contribution in [0.25, 0.3) is 0 Å². The van der Waals surface area contributed by atoms with E-state index in [1.165, 1.54) is 12.8 Å². The van der Waals surface area contributed by atoms with E-state index in [0.29, 0.717) is 19.0 Å². The monoisotopic (exact) mass is 296 g/mol. The Labute approximate surface area is 125 Å². The summed E-state index contributed by atoms with van der Waals surface area (Å²) >= 11 is 1.95. The van der Waals surface area contributed by atoms with E-state index >= 15 is 0 Å². The molecule has 112 valence electrons. The van der Waals surface area contributed by atoms with Gasteiger partial charge in [0.1, 0.15) is 6.04 Å². The van der Waals surface area contributed by atoms with Crippen molar-refractivity contribution >= 4 is 23.6 Å². The highest BCUT2D eigenvalue weighted by Crippen LogP contribution is 2.32. The summed E-state index contributed by atoms with van der Waals surface area (Å²) in [4.78, 5) is 28.7. The van der Waals surface area contributed by atoms with E-state index in [2.05, 4.69) is 6.26 Å². The van der Waals surface area contributed by atoms with Crippen molar-refractivity contribution in [2.24, 2.45) is 0 Å². The molecular formula is C15H24N2O2S. The van der Waals surface area contributed by atoms with Gasteiger partial charge in [-0.2, -0.15) is 11.8 Å². The molecule has 2 saturated heterocycles. The zero-order valence-corrected chi connectivity index (χ0v) is 13.0. The van der Waals surface area contributed by atoms with Gasteiger partial charge >= 0.3 is 0 Å². The second-order valence-electron chi connectivity index (χ2n) is 6.19. The molecule has 0 bridgehead atoms. The van der Waals surface area contributed by atoms with Crippen LogP contribution in [0.15, 0.2) is 0 Å². The fourth-order valence-corrected chi connectivity index (χ4v) is 4.68. The van der Waals surface area contributed by atoms with Crippen molar-refractivity contribution in [1.29, 1.82) is 0 Å². The van der Waals surface area contributed by atoms with E-state index in [4.69, 9.17) is 0 Å². The van der Waals surface area contributed by atoms with Crippen molar-refractivity contribution in [2.75, 3.05) is 19.3 Å². The first-order chi connectivity index (χ1) is 9.70. The number of hydrogen-bond acceptors (Lipinski definition) is 3. The lowest BCUT2D eigenvalue weighted by atomic mass is 9.93. The molecular weight excluding hydrogens is 272 g/mol. The van der Waals surface area contributed by atoms with E-state index < -0.39 is 0 Å². The summed E-state index contributed by atoms with van der Waals surface area (Å²) in [6.45, 7) is 1.42. The number of rotatable bonds is 2. The third kappa shape index (κ3) is 2.57. The Morgan fingerprint density at radius 1 is 1.00 bits per heavy atom. The van der Waals surface area contributed by atoms with E-state index in [-0.39, 0.29) is 17.9 Å². The predicted molar refractivity (Wildman–Crippen MR) is 80.6 cm³/mol. The Morgan fingerprint density at radius 3 is 2.45 bits per heavy atom. The smallest absolute Gasteiger partial charge is 0.245 e. The van der Waals surface area contributed by atoms with Gasteiger partial charge in [-0.1, -0.05) is 0 Å². The molecule has 0 radical (unpaired) electrons. The van der Waals surface area contributed by atoms with Gasteiger partial charge in [-0.15, -0.1) is 0 Å². The number of carbonyl (C=O) groups excluding carboxylic acids is 2. The Kier molecular flexibility index (Phi) is 4.24. The molecule has 2 heterocycles. The lowest BCUT2D eigenvalue weighted by molar-refractivity contribution is -0.141. The van der Waals surface area contributed by atoms with Crippen LogP contribution in [0.5, 0.6) is 0 Å². The van der Waals surface area contributed by atoms with Gasteiger partial charge in [0, 0.05) is 30.8 Å². The second-order valence-corrected chi connectivity index (χ2v) is 7.33. The molecule has 5 heteroatoms. The highest BCUT2D eigenvalue weighted by molar-refractivity contribution is 7.99. The topological polar surface area (TPSA) is 40.6 Å². The minimum Gasteiger partial charge on any atom is -0.337 e. The Bertz CT molecular complexity index is 393. The maximum atomic E-state index is 12.7. The van der Waals surface area contributed by atoms with Crippen LogP contribution in [-0.2, 0) is 9.59 Å². The van der Waals surface area contributed by atoms with Crippen LogP contribution in [-0.4, -0.2) is 58.3 Å². The van der Waals surface area contributed by atoms with Gasteiger partial charge in [0.2, 0.25) is 11.8 Å². The summed E-state index contributed by atoms with van der Waals surface area (Å²) < 4.78 is 0. The molecule has 0 spiro atoms. The fourth-order valence-electron chi connectivity index (χ4n) is 3.94. The van der Waals surface area contributed by atoms with Crippen LogP contribution in [0.4, 0.5) is 0 Å². The van der Waals surface area contributed by atoms with Crippen molar-refractivity contribution < 1.29 is 9.59 Å². The first-order valence-corrected chi connectivity index (χ1v) is 9.12. The van der Waals surface area contributed by atoms with Gasteiger partial charge in [0.15, 0.2) is 0 Å². The largest absolute Gasteiger partial charge is 0.337 e. The van der Waals surface area contributed by atoms with Crippen molar-refractivity contribution in [3.05, 3.63) is 0 Å². The molecule has 0 N–H and O–H groups in total. The number of thioether (sulfide) groups is 1. The molecule has 0 aromatic rings. The maximum absolute atomic E-state index is 12.7. The predicted octanol–water partition coefficient (Wildman–Crippen LogP) is 1.88. The van der Waals surface area contributed by atoms with Crippen LogP contribution in [0, 0.1) is 0 Å². The van der Waals surface area contributed by atoms with Crippen molar-refractivity contribution in [2.45, 2.75) is 62.3 Å². The SMILES string of the molecule is CSC1CCC(N2CCC(=O)N3CCCC3C2=O)CC1. The van der Waals surface area contributed by atoms with Crippen molar-refractivity contribution in [3.63, 3.8) is 0 Å². The van der Waals surface area contributed by atoms with Gasteiger partial charge in [-0.25, -0.2) is 0 Å². The molecule has 3 fully saturated rings. The van der Waals surface area contributed by atoms with E-state index in [0.717, 1.165) is 37.5 Å². The highest BCUT2D eigenvalue weighted by Gasteiger charge is 2.41. The normalized spacial score (nSPS) is 35.1. The Hall–Kier alpha value is -0.710. The minimum absolute atomic E-state index is 0.150. The molecule has 1 aliphatic carbocycles. The number of amides is 2. The van der Waals surface area contributed by atoms with Crippen LogP contribution < -0.4 is 0 Å². The maximum Gasteiger partial charge on any atom is 0.245 e. The quantitative estimate of drug-likeness (QED) is 0.781. The number of fused-ring (bicyclic) bond motifs is 1. The summed E-state index contributed by atoms with van der Waals surface area (Å²) in [6, 6.07) is 0.225. The van der Waals surface area contributed by atoms with Crippen LogP contribution in [0.1, 0.15) is 44.9 Å². The third-order valence-electron chi connectivity index (χ3n) is 5.13. The van der Waals surface area contributed by atoms with Crippen molar-refractivity contribution in [3.8, 4) is 0 Å². The summed E-state index contributed by atoms with van der Waals surface area (Å²) in [5.41, 5.74) is 0. The van der Waals surface area contributed by atoms with Gasteiger partial charge < -0.3 is 9.80 Å². The second kappa shape index (κ2) is 5.96. The molecule has 1 saturated carbocycles. The molecule has 4 nitrogen and oxygen atoms in total. The first-order valence-electron chi connectivity index (χ1n) is 7.83. The van der Waals surface area contributed by atoms with Crippen molar-refractivity contribution in [1.82, 2.24) is 9.80 Å². The first kappa shape index (κ1) is 14.2. The highest BCUT2D eigenvalue weighted by atomic mass is 32.2. The Morgan fingerprint density at radius 2 is 1.75 bits per heavy atom. The molecule has 3 aliphatic rings. The summed E-state index contributed by atoms with van der Waals surface area (Å²) in [5.74, 6) is 0.405. The number of hydrogen-bond donors (Lipinski definition) is 0. The molecule has 0 aromatic heterocycles. The molecule has 20 heavy (non-hydrogen) atoms. The summed E-state index contributed by atoms with van der Waals surface area (Å²) in [7, 11) is 0. The van der Waals surface area contributed by atoms with Crippen LogP contribution >= 0.6 is 11.8 Å². The molecule has 0 aromatic carbocycles. The van der Waals surface area contributed by atoms with Gasteiger partial charge in [-0.05, 0) is 44.8 Å². The van der Waals surface area contributed by atoms with E-state index in [9.17, 15) is 9.59 Å². The lowest BCUT2D eigenvalue weighted by Crippen LogP contribution is -2.48. The zero-order valence-electron chi connectivity index (χ0n) is 12.2. The molecule has 2 aliphatic heterocycles. The van der Waals surface area contributed by atoms with Crippen LogP contribution in [0.3, 0.4) is 0 Å². The third-order valence-corrected chi connectivity index (χ3v) is 6.26. The van der Waals surface area contributed by atoms with Gasteiger partial charge in [0.05, 0.1) is 0 Å². The Balaban J connectivity index is 1.70. The fraction of sp³-hybridized carbons (Fsp3) is 0.867. The average molecular weight is 296 g/mol. The average Bonchev–Trinajstić information content (AvgIpc) is 2.93. The minimum atomic E-state index is -0.150.